The number of ether oxygens (including phenoxy) is 1. The van der Waals surface area contributed by atoms with Crippen molar-refractivity contribution in [2.45, 2.75) is 59.7 Å². The summed E-state index contributed by atoms with van der Waals surface area (Å²) in [5, 5.41) is 13.9. The van der Waals surface area contributed by atoms with Crippen molar-refractivity contribution in [2.75, 3.05) is 13.6 Å². The van der Waals surface area contributed by atoms with Crippen molar-refractivity contribution in [1.82, 2.24) is 15.6 Å². The molecule has 178 valence electrons. The summed E-state index contributed by atoms with van der Waals surface area (Å²) >= 11 is 0. The molecule has 6 heteroatoms. The fourth-order valence-corrected chi connectivity index (χ4v) is 4.37. The maximum Gasteiger partial charge on any atom is 0.312 e. The summed E-state index contributed by atoms with van der Waals surface area (Å²) in [5.74, 6) is -0.293. The Morgan fingerprint density at radius 3 is 2.55 bits per heavy atom. The second-order valence-corrected chi connectivity index (χ2v) is 9.26. The molecule has 3 rings (SSSR count). The van der Waals surface area contributed by atoms with Crippen LogP contribution in [0.2, 0.25) is 0 Å². The number of nitrogens with zero attached hydrogens (tertiary/aromatic N) is 2. The van der Waals surface area contributed by atoms with E-state index in [0.29, 0.717) is 0 Å². The number of allylic oxidation sites excluding steroid dienone is 1. The molecule has 0 aliphatic carbocycles. The maximum atomic E-state index is 13.3. The Kier molecular flexibility index (Phi) is 8.16. The van der Waals surface area contributed by atoms with Crippen molar-refractivity contribution in [1.29, 1.82) is 0 Å². The lowest BCUT2D eigenvalue weighted by Gasteiger charge is -2.33. The second-order valence-electron chi connectivity index (χ2n) is 9.26. The van der Waals surface area contributed by atoms with Gasteiger partial charge in [0.15, 0.2) is 0 Å². The average molecular weight is 452 g/mol. The zero-order valence-electron chi connectivity index (χ0n) is 20.5. The van der Waals surface area contributed by atoms with Gasteiger partial charge in [0.05, 0.1) is 12.0 Å². The number of aliphatic hydroxyl groups excluding tert-OH is 1. The number of benzene rings is 2. The van der Waals surface area contributed by atoms with Crippen molar-refractivity contribution in [2.24, 2.45) is 5.41 Å². The van der Waals surface area contributed by atoms with Crippen LogP contribution in [-0.4, -0.2) is 34.8 Å². The lowest BCUT2D eigenvalue weighted by molar-refractivity contribution is -0.157. The SMILES string of the molecule is CCN1C=C(CCC(c2ccc(C)c(CO)c2)C(C)(C)C(=O)OCc2ccccc2)NN1C. The Labute approximate surface area is 197 Å². The standard InChI is InChI=1S/C27H37N3O3/c1-6-30-17-24(28-29(30)5)14-15-25(22-13-12-20(2)23(16-22)18-31)27(3,4)26(32)33-19-21-10-8-7-9-11-21/h7-13,16-17,25,28,31H,6,14-15,18-19H2,1-5H3. The molecule has 0 radical (unpaired) electrons. The smallest absolute Gasteiger partial charge is 0.312 e. The Balaban J connectivity index is 1.82. The van der Waals surface area contributed by atoms with E-state index in [9.17, 15) is 9.90 Å². The maximum absolute atomic E-state index is 13.3. The molecular formula is C27H37N3O3. The highest BCUT2D eigenvalue weighted by Crippen LogP contribution is 2.41. The summed E-state index contributed by atoms with van der Waals surface area (Å²) < 4.78 is 5.76. The van der Waals surface area contributed by atoms with E-state index in [-0.39, 0.29) is 25.1 Å². The molecule has 0 amide bonds. The molecule has 0 fully saturated rings. The van der Waals surface area contributed by atoms with E-state index in [1.54, 1.807) is 0 Å². The molecule has 0 saturated carbocycles. The number of hydrogen-bond donors (Lipinski definition) is 2. The van der Waals surface area contributed by atoms with Crippen LogP contribution in [0.15, 0.2) is 60.4 Å². The van der Waals surface area contributed by atoms with Crippen LogP contribution in [0.5, 0.6) is 0 Å². The first kappa shape index (κ1) is 24.8. The normalized spacial score (nSPS) is 15.2. The fourth-order valence-electron chi connectivity index (χ4n) is 4.37. The van der Waals surface area contributed by atoms with Gasteiger partial charge in [-0.3, -0.25) is 9.80 Å². The topological polar surface area (TPSA) is 65.0 Å². The average Bonchev–Trinajstić information content (AvgIpc) is 3.18. The van der Waals surface area contributed by atoms with Gasteiger partial charge in [0.1, 0.15) is 6.61 Å². The Bertz CT molecular complexity index is 972. The van der Waals surface area contributed by atoms with E-state index in [1.165, 1.54) is 0 Å². The molecule has 1 atom stereocenters. The van der Waals surface area contributed by atoms with Gasteiger partial charge in [0.25, 0.3) is 0 Å². The van der Waals surface area contributed by atoms with E-state index < -0.39 is 5.41 Å². The van der Waals surface area contributed by atoms with Gasteiger partial charge in [0, 0.05) is 25.5 Å². The molecule has 2 N–H and O–H groups in total. The first-order valence-corrected chi connectivity index (χ1v) is 11.6. The number of aryl methyl sites for hydroxylation is 1. The zero-order chi connectivity index (χ0) is 24.0. The summed E-state index contributed by atoms with van der Waals surface area (Å²) in [6, 6.07) is 15.9. The molecule has 1 aliphatic heterocycles. The van der Waals surface area contributed by atoms with Crippen LogP contribution >= 0.6 is 0 Å². The molecule has 33 heavy (non-hydrogen) atoms. The van der Waals surface area contributed by atoms with Crippen molar-refractivity contribution in [3.63, 3.8) is 0 Å². The van der Waals surface area contributed by atoms with E-state index in [4.69, 9.17) is 4.74 Å². The number of hydrazine groups is 2. The molecule has 6 nitrogen and oxygen atoms in total. The highest BCUT2D eigenvalue weighted by atomic mass is 16.5. The van der Waals surface area contributed by atoms with Crippen LogP contribution in [0.25, 0.3) is 0 Å². The Morgan fingerprint density at radius 2 is 1.91 bits per heavy atom. The monoisotopic (exact) mass is 451 g/mol. The van der Waals surface area contributed by atoms with Crippen molar-refractivity contribution < 1.29 is 14.6 Å². The van der Waals surface area contributed by atoms with Gasteiger partial charge >= 0.3 is 5.97 Å². The molecule has 1 heterocycles. The van der Waals surface area contributed by atoms with Crippen LogP contribution in [-0.2, 0) is 22.7 Å². The minimum absolute atomic E-state index is 0.0196. The third-order valence-electron chi connectivity index (χ3n) is 6.58. The number of esters is 1. The lowest BCUT2D eigenvalue weighted by Crippen LogP contribution is -2.38. The van der Waals surface area contributed by atoms with Crippen molar-refractivity contribution in [3.05, 3.63) is 82.7 Å². The van der Waals surface area contributed by atoms with Crippen LogP contribution < -0.4 is 5.43 Å². The first-order chi connectivity index (χ1) is 15.8. The van der Waals surface area contributed by atoms with Gasteiger partial charge in [-0.2, -0.15) is 0 Å². The van der Waals surface area contributed by atoms with E-state index in [0.717, 1.165) is 47.3 Å². The van der Waals surface area contributed by atoms with Crippen LogP contribution in [0.1, 0.15) is 61.8 Å². The highest BCUT2D eigenvalue weighted by Gasteiger charge is 2.39. The Morgan fingerprint density at radius 1 is 1.18 bits per heavy atom. The molecule has 0 aromatic heterocycles. The second kappa shape index (κ2) is 10.9. The number of rotatable bonds is 10. The van der Waals surface area contributed by atoms with Gasteiger partial charge in [-0.05, 0) is 68.7 Å². The minimum Gasteiger partial charge on any atom is -0.460 e. The van der Waals surface area contributed by atoms with Crippen molar-refractivity contribution in [3.8, 4) is 0 Å². The van der Waals surface area contributed by atoms with Crippen molar-refractivity contribution >= 4 is 5.97 Å². The third kappa shape index (κ3) is 5.95. The number of carbonyl (C=O) groups is 1. The third-order valence-corrected chi connectivity index (χ3v) is 6.58. The van der Waals surface area contributed by atoms with Gasteiger partial charge in [-0.25, -0.2) is 0 Å². The predicted molar refractivity (Wildman–Crippen MR) is 130 cm³/mol. The quantitative estimate of drug-likeness (QED) is 0.513. The highest BCUT2D eigenvalue weighted by molar-refractivity contribution is 5.77. The van der Waals surface area contributed by atoms with Crippen LogP contribution in [0.3, 0.4) is 0 Å². The van der Waals surface area contributed by atoms with Gasteiger partial charge in [0.2, 0.25) is 0 Å². The fraction of sp³-hybridized carbons (Fsp3) is 0.444. The Hall–Kier alpha value is -2.83. The summed E-state index contributed by atoms with van der Waals surface area (Å²) in [6.45, 7) is 9.14. The van der Waals surface area contributed by atoms with E-state index in [2.05, 4.69) is 29.6 Å². The molecule has 2 aromatic carbocycles. The number of hydrogen-bond acceptors (Lipinski definition) is 6. The largest absolute Gasteiger partial charge is 0.460 e. The lowest BCUT2D eigenvalue weighted by atomic mass is 9.72. The number of carbonyl (C=O) groups excluding carboxylic acids is 1. The summed E-state index contributed by atoms with van der Waals surface area (Å²) in [4.78, 5) is 13.3. The van der Waals surface area contributed by atoms with Crippen LogP contribution in [0, 0.1) is 12.3 Å². The summed E-state index contributed by atoms with van der Waals surface area (Å²) in [6.07, 6.45) is 3.68. The van der Waals surface area contributed by atoms with E-state index >= 15 is 0 Å². The van der Waals surface area contributed by atoms with E-state index in [1.807, 2.05) is 75.4 Å². The minimum atomic E-state index is -0.744. The van der Waals surface area contributed by atoms with Gasteiger partial charge < -0.3 is 15.3 Å². The molecule has 1 aliphatic rings. The van der Waals surface area contributed by atoms with Gasteiger partial charge in [-0.15, -0.1) is 5.12 Å². The molecule has 0 bridgehead atoms. The first-order valence-electron chi connectivity index (χ1n) is 11.6. The molecule has 1 unspecified atom stereocenters. The van der Waals surface area contributed by atoms with Crippen LogP contribution in [0.4, 0.5) is 0 Å². The molecule has 0 spiro atoms. The number of aliphatic hydroxyl groups is 1. The molecule has 2 aromatic rings. The summed E-state index contributed by atoms with van der Waals surface area (Å²) in [5.41, 5.74) is 7.71. The van der Waals surface area contributed by atoms with Gasteiger partial charge in [-0.1, -0.05) is 48.5 Å². The number of nitrogens with one attached hydrogen (secondary N) is 1. The molecular weight excluding hydrogens is 414 g/mol. The molecule has 0 saturated heterocycles. The zero-order valence-corrected chi connectivity index (χ0v) is 20.5. The summed E-state index contributed by atoms with van der Waals surface area (Å²) in [7, 11) is 1.99. The predicted octanol–water partition coefficient (Wildman–Crippen LogP) is 4.65.